The average Bonchev–Trinajstić information content (AvgIpc) is 3.39. The van der Waals surface area contributed by atoms with Gasteiger partial charge in [0.1, 0.15) is 12.4 Å². The Bertz CT molecular complexity index is 1260. The number of pyridine rings is 1. The molecule has 0 fully saturated rings. The fraction of sp³-hybridized carbons (Fsp3) is 0.150. The zero-order valence-electron chi connectivity index (χ0n) is 16.5. The summed E-state index contributed by atoms with van der Waals surface area (Å²) in [4.78, 5) is 19.6. The highest BCUT2D eigenvalue weighted by Gasteiger charge is 2.30. The van der Waals surface area contributed by atoms with Gasteiger partial charge in [-0.3, -0.25) is 14.5 Å². The van der Waals surface area contributed by atoms with Gasteiger partial charge in [0.2, 0.25) is 11.7 Å². The Labute approximate surface area is 178 Å². The first-order valence-electron chi connectivity index (χ1n) is 9.12. The number of halogens is 3. The van der Waals surface area contributed by atoms with E-state index >= 15 is 0 Å². The molecule has 1 amide bonds. The van der Waals surface area contributed by atoms with Gasteiger partial charge in [0.15, 0.2) is 0 Å². The molecule has 32 heavy (non-hydrogen) atoms. The highest BCUT2D eigenvalue weighted by molar-refractivity contribution is 5.93. The predicted octanol–water partition coefficient (Wildman–Crippen LogP) is 3.23. The van der Waals surface area contributed by atoms with Crippen molar-refractivity contribution in [1.29, 1.82) is 0 Å². The van der Waals surface area contributed by atoms with Gasteiger partial charge >= 0.3 is 6.18 Å². The number of rotatable bonds is 6. The Morgan fingerprint density at radius 1 is 1.19 bits per heavy atom. The summed E-state index contributed by atoms with van der Waals surface area (Å²) >= 11 is 0. The summed E-state index contributed by atoms with van der Waals surface area (Å²) in [6.45, 7) is -0.00632. The van der Waals surface area contributed by atoms with E-state index in [0.717, 1.165) is 12.1 Å². The first-order chi connectivity index (χ1) is 15.2. The number of carbonyl (C=O) groups excluding carboxylic acids is 1. The molecule has 1 aromatic carbocycles. The molecule has 4 rings (SSSR count). The molecule has 0 saturated carbocycles. The standard InChI is InChI=1S/C20H15F3N6O3/c1-29-16(10-31-14-4-2-13(3-5-14)20(21,22)23)15(9-26-29)19-27-18(28-32-19)12-6-11(17(24)30)7-25-8-12/h2-9H,10H2,1H3,(H2,24,30). The van der Waals surface area contributed by atoms with Crippen molar-refractivity contribution in [3.63, 3.8) is 0 Å². The molecule has 0 unspecified atom stereocenters. The van der Waals surface area contributed by atoms with E-state index in [1.165, 1.54) is 41.5 Å². The molecule has 0 aliphatic carbocycles. The van der Waals surface area contributed by atoms with Crippen LogP contribution in [0, 0.1) is 0 Å². The van der Waals surface area contributed by atoms with Gasteiger partial charge in [-0.2, -0.15) is 23.3 Å². The molecule has 2 N–H and O–H groups in total. The van der Waals surface area contributed by atoms with Gasteiger partial charge in [-0.05, 0) is 30.3 Å². The highest BCUT2D eigenvalue weighted by Crippen LogP contribution is 2.31. The van der Waals surface area contributed by atoms with Crippen LogP contribution in [-0.2, 0) is 19.8 Å². The van der Waals surface area contributed by atoms with E-state index in [9.17, 15) is 18.0 Å². The van der Waals surface area contributed by atoms with Gasteiger partial charge in [-0.25, -0.2) is 0 Å². The molecule has 0 aliphatic heterocycles. The highest BCUT2D eigenvalue weighted by atomic mass is 19.4. The topological polar surface area (TPSA) is 122 Å². The van der Waals surface area contributed by atoms with Crippen LogP contribution in [0.25, 0.3) is 22.8 Å². The number of aromatic nitrogens is 5. The zero-order valence-corrected chi connectivity index (χ0v) is 16.5. The van der Waals surface area contributed by atoms with Crippen LogP contribution in [0.2, 0.25) is 0 Å². The number of primary amides is 1. The van der Waals surface area contributed by atoms with Crippen LogP contribution in [0.15, 0.2) is 53.4 Å². The van der Waals surface area contributed by atoms with Crippen molar-refractivity contribution in [2.75, 3.05) is 0 Å². The van der Waals surface area contributed by atoms with Crippen LogP contribution < -0.4 is 10.5 Å². The molecular formula is C20H15F3N6O3. The van der Waals surface area contributed by atoms with E-state index in [2.05, 4.69) is 20.2 Å². The number of carbonyl (C=O) groups is 1. The molecule has 4 aromatic rings. The lowest BCUT2D eigenvalue weighted by atomic mass is 10.2. The third-order valence-corrected chi connectivity index (χ3v) is 4.56. The molecule has 0 spiro atoms. The quantitative estimate of drug-likeness (QED) is 0.484. The van der Waals surface area contributed by atoms with E-state index in [1.807, 2.05) is 0 Å². The number of nitrogens with two attached hydrogens (primary N) is 1. The Morgan fingerprint density at radius 2 is 1.94 bits per heavy atom. The molecule has 12 heteroatoms. The maximum Gasteiger partial charge on any atom is 0.416 e. The van der Waals surface area contributed by atoms with Crippen molar-refractivity contribution in [3.05, 3.63) is 65.7 Å². The number of amides is 1. The largest absolute Gasteiger partial charge is 0.487 e. The molecule has 164 valence electrons. The number of aryl methyl sites for hydroxylation is 1. The van der Waals surface area contributed by atoms with Crippen molar-refractivity contribution in [2.45, 2.75) is 12.8 Å². The number of hydrogen-bond acceptors (Lipinski definition) is 7. The van der Waals surface area contributed by atoms with Gasteiger partial charge in [-0.15, -0.1) is 0 Å². The number of alkyl halides is 3. The van der Waals surface area contributed by atoms with Crippen molar-refractivity contribution >= 4 is 5.91 Å². The predicted molar refractivity (Wildman–Crippen MR) is 104 cm³/mol. The molecular weight excluding hydrogens is 429 g/mol. The normalized spacial score (nSPS) is 11.5. The molecule has 0 radical (unpaired) electrons. The van der Waals surface area contributed by atoms with Crippen LogP contribution in [-0.4, -0.2) is 30.8 Å². The van der Waals surface area contributed by atoms with Gasteiger partial charge in [0.25, 0.3) is 5.89 Å². The smallest absolute Gasteiger partial charge is 0.416 e. The molecule has 0 aliphatic rings. The summed E-state index contributed by atoms with van der Waals surface area (Å²) in [5.74, 6) is -0.0543. The summed E-state index contributed by atoms with van der Waals surface area (Å²) in [7, 11) is 1.67. The van der Waals surface area contributed by atoms with Crippen LogP contribution in [0.4, 0.5) is 13.2 Å². The first kappa shape index (κ1) is 21.0. The minimum Gasteiger partial charge on any atom is -0.487 e. The summed E-state index contributed by atoms with van der Waals surface area (Å²) in [5.41, 5.74) is 6.17. The Kier molecular flexibility index (Phi) is 5.34. The SMILES string of the molecule is Cn1ncc(-c2nc(-c3cncc(C(N)=O)c3)no2)c1COc1ccc(C(F)(F)F)cc1. The monoisotopic (exact) mass is 444 g/mol. The van der Waals surface area contributed by atoms with Crippen molar-refractivity contribution in [2.24, 2.45) is 12.8 Å². The van der Waals surface area contributed by atoms with E-state index in [0.29, 0.717) is 16.8 Å². The average molecular weight is 444 g/mol. The van der Waals surface area contributed by atoms with E-state index in [-0.39, 0.29) is 29.6 Å². The molecule has 3 heterocycles. The summed E-state index contributed by atoms with van der Waals surface area (Å²) < 4.78 is 50.6. The van der Waals surface area contributed by atoms with Gasteiger partial charge < -0.3 is 15.0 Å². The molecule has 0 atom stereocenters. The minimum atomic E-state index is -4.42. The van der Waals surface area contributed by atoms with Crippen molar-refractivity contribution in [1.82, 2.24) is 24.9 Å². The zero-order chi connectivity index (χ0) is 22.9. The number of hydrogen-bond donors (Lipinski definition) is 1. The van der Waals surface area contributed by atoms with Crippen molar-refractivity contribution < 1.29 is 27.2 Å². The second-order valence-electron chi connectivity index (χ2n) is 6.69. The maximum absolute atomic E-state index is 12.7. The Hall–Kier alpha value is -4.22. The second kappa shape index (κ2) is 8.13. The number of benzene rings is 1. The maximum atomic E-state index is 12.7. The summed E-state index contributed by atoms with van der Waals surface area (Å²) in [6, 6.07) is 5.85. The first-order valence-corrected chi connectivity index (χ1v) is 9.12. The van der Waals surface area contributed by atoms with Gasteiger partial charge in [0, 0.05) is 25.0 Å². The third-order valence-electron chi connectivity index (χ3n) is 4.56. The fourth-order valence-corrected chi connectivity index (χ4v) is 2.85. The Morgan fingerprint density at radius 3 is 2.62 bits per heavy atom. The van der Waals surface area contributed by atoms with E-state index in [1.54, 1.807) is 7.05 Å². The van der Waals surface area contributed by atoms with E-state index < -0.39 is 17.6 Å². The summed E-state index contributed by atoms with van der Waals surface area (Å²) in [5, 5.41) is 8.06. The van der Waals surface area contributed by atoms with Crippen LogP contribution >= 0.6 is 0 Å². The fourth-order valence-electron chi connectivity index (χ4n) is 2.85. The molecule has 9 nitrogen and oxygen atoms in total. The van der Waals surface area contributed by atoms with Gasteiger partial charge in [0.05, 0.1) is 28.6 Å². The lowest BCUT2D eigenvalue weighted by Crippen LogP contribution is -2.11. The number of ether oxygens (including phenoxy) is 1. The van der Waals surface area contributed by atoms with Crippen molar-refractivity contribution in [3.8, 4) is 28.6 Å². The molecule has 0 bridgehead atoms. The lowest BCUT2D eigenvalue weighted by molar-refractivity contribution is -0.137. The molecule has 3 aromatic heterocycles. The minimum absolute atomic E-state index is 0.00632. The second-order valence-corrected chi connectivity index (χ2v) is 6.69. The lowest BCUT2D eigenvalue weighted by Gasteiger charge is -2.10. The molecule has 0 saturated heterocycles. The Balaban J connectivity index is 1.55. The van der Waals surface area contributed by atoms with Crippen LogP contribution in [0.5, 0.6) is 5.75 Å². The van der Waals surface area contributed by atoms with E-state index in [4.69, 9.17) is 15.0 Å². The third kappa shape index (κ3) is 4.29. The summed E-state index contributed by atoms with van der Waals surface area (Å²) in [6.07, 6.45) is -0.139. The number of nitrogens with zero attached hydrogens (tertiary/aromatic N) is 5. The van der Waals surface area contributed by atoms with Gasteiger partial charge in [-0.1, -0.05) is 5.16 Å². The van der Waals surface area contributed by atoms with Crippen LogP contribution in [0.1, 0.15) is 21.6 Å². The van der Waals surface area contributed by atoms with Crippen LogP contribution in [0.3, 0.4) is 0 Å².